The second-order valence-corrected chi connectivity index (χ2v) is 3.88. The standard InChI is InChI=1S/C10H10O4S/c1-15-10-6(4-8(11)12)2-3-7-9(10)14-5-13-7/h2-3H,4-5H2,1H3,(H,11,12). The lowest BCUT2D eigenvalue weighted by Crippen LogP contribution is -2.01. The fourth-order valence-corrected chi connectivity index (χ4v) is 2.26. The van der Waals surface area contributed by atoms with Crippen LogP contribution in [0.2, 0.25) is 0 Å². The summed E-state index contributed by atoms with van der Waals surface area (Å²) >= 11 is 1.47. The molecule has 0 unspecified atom stereocenters. The van der Waals surface area contributed by atoms with E-state index in [4.69, 9.17) is 14.6 Å². The van der Waals surface area contributed by atoms with E-state index >= 15 is 0 Å². The molecule has 15 heavy (non-hydrogen) atoms. The zero-order chi connectivity index (χ0) is 10.8. The molecule has 0 saturated heterocycles. The second kappa shape index (κ2) is 4.02. The molecule has 0 spiro atoms. The van der Waals surface area contributed by atoms with Gasteiger partial charge in [0.05, 0.1) is 11.3 Å². The van der Waals surface area contributed by atoms with Crippen LogP contribution in [0, 0.1) is 0 Å². The van der Waals surface area contributed by atoms with E-state index in [2.05, 4.69) is 0 Å². The number of rotatable bonds is 3. The minimum absolute atomic E-state index is 0.00676. The normalized spacial score (nSPS) is 12.9. The predicted octanol–water partition coefficient (Wildman–Crippen LogP) is 1.76. The molecule has 1 heterocycles. The van der Waals surface area contributed by atoms with Gasteiger partial charge in [0.1, 0.15) is 0 Å². The van der Waals surface area contributed by atoms with Gasteiger partial charge in [-0.1, -0.05) is 6.07 Å². The molecule has 80 valence electrons. The first-order chi connectivity index (χ1) is 7.22. The van der Waals surface area contributed by atoms with Gasteiger partial charge in [0, 0.05) is 0 Å². The van der Waals surface area contributed by atoms with Crippen molar-refractivity contribution >= 4 is 17.7 Å². The van der Waals surface area contributed by atoms with Gasteiger partial charge in [0.25, 0.3) is 0 Å². The number of aliphatic carboxylic acids is 1. The van der Waals surface area contributed by atoms with Crippen LogP contribution in [0.25, 0.3) is 0 Å². The number of ether oxygens (including phenoxy) is 2. The van der Waals surface area contributed by atoms with E-state index in [0.29, 0.717) is 11.5 Å². The lowest BCUT2D eigenvalue weighted by atomic mass is 10.1. The summed E-state index contributed by atoms with van der Waals surface area (Å²) in [6.07, 6.45) is 1.90. The fraction of sp³-hybridized carbons (Fsp3) is 0.300. The highest BCUT2D eigenvalue weighted by atomic mass is 32.2. The van der Waals surface area contributed by atoms with E-state index in [1.54, 1.807) is 12.1 Å². The van der Waals surface area contributed by atoms with Gasteiger partial charge in [-0.2, -0.15) is 0 Å². The highest BCUT2D eigenvalue weighted by molar-refractivity contribution is 7.98. The molecule has 0 atom stereocenters. The van der Waals surface area contributed by atoms with Crippen molar-refractivity contribution < 1.29 is 19.4 Å². The number of fused-ring (bicyclic) bond motifs is 1. The van der Waals surface area contributed by atoms with Gasteiger partial charge >= 0.3 is 5.97 Å². The Morgan fingerprint density at radius 3 is 3.00 bits per heavy atom. The van der Waals surface area contributed by atoms with Crippen molar-refractivity contribution in [3.8, 4) is 11.5 Å². The molecule has 0 fully saturated rings. The molecule has 0 aromatic heterocycles. The third kappa shape index (κ3) is 1.87. The Balaban J connectivity index is 2.43. The van der Waals surface area contributed by atoms with Crippen molar-refractivity contribution in [1.82, 2.24) is 0 Å². The van der Waals surface area contributed by atoms with Crippen molar-refractivity contribution in [2.24, 2.45) is 0 Å². The van der Waals surface area contributed by atoms with E-state index in [1.807, 2.05) is 6.26 Å². The van der Waals surface area contributed by atoms with E-state index in [9.17, 15) is 4.79 Å². The van der Waals surface area contributed by atoms with Crippen molar-refractivity contribution in [2.45, 2.75) is 11.3 Å². The molecule has 0 radical (unpaired) electrons. The lowest BCUT2D eigenvalue weighted by molar-refractivity contribution is -0.136. The van der Waals surface area contributed by atoms with Gasteiger partial charge in [-0.15, -0.1) is 11.8 Å². The molecule has 1 aliphatic rings. The largest absolute Gasteiger partial charge is 0.481 e. The minimum Gasteiger partial charge on any atom is -0.481 e. The maximum atomic E-state index is 10.7. The predicted molar refractivity (Wildman–Crippen MR) is 55.7 cm³/mol. The summed E-state index contributed by atoms with van der Waals surface area (Å²) in [5.74, 6) is 0.513. The fourth-order valence-electron chi connectivity index (χ4n) is 1.51. The van der Waals surface area contributed by atoms with Crippen LogP contribution >= 0.6 is 11.8 Å². The third-order valence-electron chi connectivity index (χ3n) is 2.12. The van der Waals surface area contributed by atoms with E-state index in [1.165, 1.54) is 11.8 Å². The van der Waals surface area contributed by atoms with Gasteiger partial charge in [-0.25, -0.2) is 0 Å². The molecular weight excluding hydrogens is 216 g/mol. The average Bonchev–Trinajstić information content (AvgIpc) is 2.64. The van der Waals surface area contributed by atoms with Gasteiger partial charge < -0.3 is 14.6 Å². The maximum Gasteiger partial charge on any atom is 0.307 e. The minimum atomic E-state index is -0.843. The summed E-state index contributed by atoms with van der Waals surface area (Å²) in [6.45, 7) is 0.208. The van der Waals surface area contributed by atoms with E-state index in [0.717, 1.165) is 10.5 Å². The molecular formula is C10H10O4S. The number of carbonyl (C=O) groups is 1. The lowest BCUT2D eigenvalue weighted by Gasteiger charge is -2.07. The van der Waals surface area contributed by atoms with Crippen molar-refractivity contribution in [2.75, 3.05) is 13.0 Å². The Labute approximate surface area is 91.2 Å². The van der Waals surface area contributed by atoms with Gasteiger partial charge in [-0.3, -0.25) is 4.79 Å². The Morgan fingerprint density at radius 1 is 1.53 bits per heavy atom. The first kappa shape index (κ1) is 10.2. The average molecular weight is 226 g/mol. The Bertz CT molecular complexity index is 403. The Hall–Kier alpha value is -1.36. The highest BCUT2D eigenvalue weighted by Crippen LogP contribution is 2.42. The molecule has 1 aliphatic heterocycles. The number of thioether (sulfide) groups is 1. The number of hydrogen-bond acceptors (Lipinski definition) is 4. The van der Waals surface area contributed by atoms with Gasteiger partial charge in [0.2, 0.25) is 6.79 Å². The van der Waals surface area contributed by atoms with Crippen LogP contribution in [0.1, 0.15) is 5.56 Å². The number of carboxylic acid groups (broad SMARTS) is 1. The van der Waals surface area contributed by atoms with Crippen molar-refractivity contribution in [1.29, 1.82) is 0 Å². The smallest absolute Gasteiger partial charge is 0.307 e. The topological polar surface area (TPSA) is 55.8 Å². The summed E-state index contributed by atoms with van der Waals surface area (Å²) in [7, 11) is 0. The number of benzene rings is 1. The summed E-state index contributed by atoms with van der Waals surface area (Å²) in [6, 6.07) is 3.52. The van der Waals surface area contributed by atoms with Crippen LogP contribution in [0.15, 0.2) is 17.0 Å². The molecule has 0 aliphatic carbocycles. The van der Waals surface area contributed by atoms with Crippen LogP contribution in [0.5, 0.6) is 11.5 Å². The van der Waals surface area contributed by atoms with Crippen LogP contribution in [-0.4, -0.2) is 24.1 Å². The highest BCUT2D eigenvalue weighted by Gasteiger charge is 2.21. The maximum absolute atomic E-state index is 10.7. The SMILES string of the molecule is CSc1c(CC(=O)O)ccc2c1OCO2. The first-order valence-electron chi connectivity index (χ1n) is 4.39. The summed E-state index contributed by atoms with van der Waals surface area (Å²) in [5, 5.41) is 8.75. The third-order valence-corrected chi connectivity index (χ3v) is 2.98. The zero-order valence-corrected chi connectivity index (χ0v) is 8.97. The molecule has 1 N–H and O–H groups in total. The van der Waals surface area contributed by atoms with Crippen LogP contribution in [-0.2, 0) is 11.2 Å². The van der Waals surface area contributed by atoms with E-state index in [-0.39, 0.29) is 13.2 Å². The summed E-state index contributed by atoms with van der Waals surface area (Å²) in [5.41, 5.74) is 0.763. The summed E-state index contributed by atoms with van der Waals surface area (Å²) in [4.78, 5) is 11.5. The first-order valence-corrected chi connectivity index (χ1v) is 5.62. The van der Waals surface area contributed by atoms with Gasteiger partial charge in [0.15, 0.2) is 11.5 Å². The molecule has 1 aromatic carbocycles. The molecule has 2 rings (SSSR count). The zero-order valence-electron chi connectivity index (χ0n) is 8.15. The second-order valence-electron chi connectivity index (χ2n) is 3.06. The summed E-state index contributed by atoms with van der Waals surface area (Å²) < 4.78 is 10.5. The number of carboxylic acids is 1. The van der Waals surface area contributed by atoms with Crippen LogP contribution < -0.4 is 9.47 Å². The molecule has 5 heteroatoms. The molecule has 4 nitrogen and oxygen atoms in total. The molecule has 0 amide bonds. The number of hydrogen-bond donors (Lipinski definition) is 1. The quantitative estimate of drug-likeness (QED) is 0.796. The van der Waals surface area contributed by atoms with Gasteiger partial charge in [-0.05, 0) is 17.9 Å². The Morgan fingerprint density at radius 2 is 2.33 bits per heavy atom. The van der Waals surface area contributed by atoms with Crippen LogP contribution in [0.4, 0.5) is 0 Å². The van der Waals surface area contributed by atoms with Crippen molar-refractivity contribution in [3.63, 3.8) is 0 Å². The molecule has 1 aromatic rings. The molecule has 0 saturated carbocycles. The molecule has 0 bridgehead atoms. The Kier molecular flexibility index (Phi) is 2.73. The van der Waals surface area contributed by atoms with E-state index < -0.39 is 5.97 Å². The van der Waals surface area contributed by atoms with Crippen molar-refractivity contribution in [3.05, 3.63) is 17.7 Å². The monoisotopic (exact) mass is 226 g/mol. The van der Waals surface area contributed by atoms with Crippen LogP contribution in [0.3, 0.4) is 0 Å².